The lowest BCUT2D eigenvalue weighted by atomic mass is 9.89. The first-order valence-electron chi connectivity index (χ1n) is 12.8. The standard InChI is InChI=1S/C32H29F2NO3S/c1-31(2,38)25-8-3-4-9-29(25)39-19-23-17-32(23,18-30(36)37)22-7-5-6-20(14-22)10-12-24-13-11-21-15-26(33)27(34)16-28(21)35-24/h3-16,23,38H,17-19H2,1-2H3,(H,36,37)/t23?,32-/m0/s1. The molecule has 0 aliphatic heterocycles. The zero-order chi connectivity index (χ0) is 27.8. The van der Waals surface area contributed by atoms with E-state index in [1.165, 1.54) is 0 Å². The van der Waals surface area contributed by atoms with Crippen LogP contribution in [0, 0.1) is 17.6 Å². The summed E-state index contributed by atoms with van der Waals surface area (Å²) in [6, 6.07) is 21.3. The summed E-state index contributed by atoms with van der Waals surface area (Å²) in [6.45, 7) is 3.53. The van der Waals surface area contributed by atoms with Crippen molar-refractivity contribution < 1.29 is 23.8 Å². The molecule has 200 valence electrons. The summed E-state index contributed by atoms with van der Waals surface area (Å²) in [5.41, 5.74) is 2.31. The fourth-order valence-corrected chi connectivity index (χ4v) is 6.66. The van der Waals surface area contributed by atoms with Gasteiger partial charge in [0.05, 0.1) is 23.2 Å². The third-order valence-electron chi connectivity index (χ3n) is 7.35. The van der Waals surface area contributed by atoms with Crippen LogP contribution in [0.2, 0.25) is 0 Å². The molecule has 1 aromatic heterocycles. The minimum absolute atomic E-state index is 0.0485. The van der Waals surface area contributed by atoms with Crippen molar-refractivity contribution in [1.29, 1.82) is 0 Å². The maximum absolute atomic E-state index is 13.7. The summed E-state index contributed by atoms with van der Waals surface area (Å²) < 4.78 is 27.2. The number of nitrogens with zero attached hydrogens (tertiary/aromatic N) is 1. The van der Waals surface area contributed by atoms with Gasteiger partial charge in [0.1, 0.15) is 0 Å². The maximum atomic E-state index is 13.7. The molecule has 4 aromatic rings. The van der Waals surface area contributed by atoms with Crippen LogP contribution in [0.5, 0.6) is 0 Å². The number of carboxylic acids is 1. The highest BCUT2D eigenvalue weighted by Crippen LogP contribution is 2.58. The molecular weight excluding hydrogens is 516 g/mol. The van der Waals surface area contributed by atoms with E-state index >= 15 is 0 Å². The van der Waals surface area contributed by atoms with E-state index in [9.17, 15) is 23.8 Å². The van der Waals surface area contributed by atoms with Crippen LogP contribution in [0.15, 0.2) is 77.7 Å². The van der Waals surface area contributed by atoms with E-state index in [1.807, 2.05) is 54.6 Å². The first kappa shape index (κ1) is 27.0. The van der Waals surface area contributed by atoms with Crippen LogP contribution >= 0.6 is 11.8 Å². The molecule has 1 saturated carbocycles. The first-order chi connectivity index (χ1) is 18.5. The lowest BCUT2D eigenvalue weighted by Gasteiger charge is -2.22. The van der Waals surface area contributed by atoms with Crippen LogP contribution in [-0.2, 0) is 15.8 Å². The molecule has 4 nitrogen and oxygen atoms in total. The molecule has 1 unspecified atom stereocenters. The minimum Gasteiger partial charge on any atom is -0.481 e. The van der Waals surface area contributed by atoms with Crippen molar-refractivity contribution in [2.75, 3.05) is 5.75 Å². The predicted octanol–water partition coefficient (Wildman–Crippen LogP) is 7.44. The third kappa shape index (κ3) is 5.89. The Labute approximate surface area is 230 Å². The molecule has 5 rings (SSSR count). The van der Waals surface area contributed by atoms with Gasteiger partial charge in [0.15, 0.2) is 11.6 Å². The van der Waals surface area contributed by atoms with Gasteiger partial charge in [-0.3, -0.25) is 4.79 Å². The number of carbonyl (C=O) groups is 1. The molecule has 2 N–H and O–H groups in total. The van der Waals surface area contributed by atoms with E-state index in [4.69, 9.17) is 0 Å². The molecule has 2 atom stereocenters. The molecule has 1 heterocycles. The average Bonchev–Trinajstić information content (AvgIpc) is 3.59. The van der Waals surface area contributed by atoms with Gasteiger partial charge < -0.3 is 10.2 Å². The summed E-state index contributed by atoms with van der Waals surface area (Å²) in [5, 5.41) is 20.8. The van der Waals surface area contributed by atoms with Gasteiger partial charge in [-0.1, -0.05) is 54.6 Å². The number of aliphatic hydroxyl groups is 1. The van der Waals surface area contributed by atoms with E-state index in [1.54, 1.807) is 43.8 Å². The zero-order valence-electron chi connectivity index (χ0n) is 21.7. The lowest BCUT2D eigenvalue weighted by molar-refractivity contribution is -0.137. The summed E-state index contributed by atoms with van der Waals surface area (Å²) in [5.74, 6) is -1.74. The van der Waals surface area contributed by atoms with Crippen LogP contribution < -0.4 is 0 Å². The molecule has 1 fully saturated rings. The van der Waals surface area contributed by atoms with Crippen LogP contribution in [0.1, 0.15) is 49.1 Å². The Balaban J connectivity index is 1.36. The summed E-state index contributed by atoms with van der Waals surface area (Å²) >= 11 is 1.66. The maximum Gasteiger partial charge on any atom is 0.304 e. The van der Waals surface area contributed by atoms with E-state index in [0.29, 0.717) is 16.6 Å². The number of hydrogen-bond donors (Lipinski definition) is 2. The van der Waals surface area contributed by atoms with E-state index in [0.717, 1.165) is 45.9 Å². The number of aromatic nitrogens is 1. The second kappa shape index (κ2) is 10.5. The van der Waals surface area contributed by atoms with Crippen molar-refractivity contribution in [1.82, 2.24) is 4.98 Å². The number of thioether (sulfide) groups is 1. The number of aliphatic carboxylic acids is 1. The molecule has 7 heteroatoms. The van der Waals surface area contributed by atoms with Crippen molar-refractivity contribution in [3.8, 4) is 0 Å². The average molecular weight is 546 g/mol. The third-order valence-corrected chi connectivity index (χ3v) is 8.58. The Hall–Kier alpha value is -3.55. The topological polar surface area (TPSA) is 70.4 Å². The monoisotopic (exact) mass is 545 g/mol. The summed E-state index contributed by atoms with van der Waals surface area (Å²) in [4.78, 5) is 17.3. The summed E-state index contributed by atoms with van der Waals surface area (Å²) in [7, 11) is 0. The Morgan fingerprint density at radius 1 is 1.05 bits per heavy atom. The van der Waals surface area contributed by atoms with Gasteiger partial charge in [-0.15, -0.1) is 11.8 Å². The Morgan fingerprint density at radius 2 is 1.82 bits per heavy atom. The number of rotatable bonds is 9. The molecular formula is C32H29F2NO3S. The SMILES string of the molecule is CC(C)(O)c1ccccc1SCC1C[C@]1(CC(=O)O)c1cccc(C=Cc2ccc3cc(F)c(F)cc3n2)c1. The molecule has 0 saturated heterocycles. The molecule has 1 aliphatic carbocycles. The second-order valence-corrected chi connectivity index (χ2v) is 11.7. The molecule has 0 bridgehead atoms. The molecule has 3 aromatic carbocycles. The van der Waals surface area contributed by atoms with Crippen LogP contribution in [0.25, 0.3) is 23.1 Å². The predicted molar refractivity (Wildman–Crippen MR) is 151 cm³/mol. The minimum atomic E-state index is -0.962. The normalized spacial score (nSPS) is 19.1. The largest absolute Gasteiger partial charge is 0.481 e. The van der Waals surface area contributed by atoms with Gasteiger partial charge in [0.2, 0.25) is 0 Å². The van der Waals surface area contributed by atoms with Crippen molar-refractivity contribution in [2.24, 2.45) is 5.92 Å². The van der Waals surface area contributed by atoms with Gasteiger partial charge in [-0.2, -0.15) is 0 Å². The van der Waals surface area contributed by atoms with E-state index < -0.39 is 28.6 Å². The van der Waals surface area contributed by atoms with Gasteiger partial charge >= 0.3 is 5.97 Å². The van der Waals surface area contributed by atoms with Crippen molar-refractivity contribution >= 4 is 40.8 Å². The van der Waals surface area contributed by atoms with Gasteiger partial charge in [0, 0.05) is 27.5 Å². The number of benzene rings is 3. The fourth-order valence-electron chi connectivity index (χ4n) is 5.19. The number of fused-ring (bicyclic) bond motifs is 1. The van der Waals surface area contributed by atoms with Crippen molar-refractivity contribution in [3.63, 3.8) is 0 Å². The lowest BCUT2D eigenvalue weighted by Crippen LogP contribution is -2.18. The number of hydrogen-bond acceptors (Lipinski definition) is 4. The number of halogens is 2. The van der Waals surface area contributed by atoms with E-state index in [2.05, 4.69) is 4.98 Å². The van der Waals surface area contributed by atoms with Gasteiger partial charge in [-0.25, -0.2) is 13.8 Å². The number of pyridine rings is 1. The zero-order valence-corrected chi connectivity index (χ0v) is 22.5. The Kier molecular flexibility index (Phi) is 7.31. The Morgan fingerprint density at radius 3 is 2.59 bits per heavy atom. The highest BCUT2D eigenvalue weighted by molar-refractivity contribution is 7.99. The molecule has 1 aliphatic rings. The summed E-state index contributed by atoms with van der Waals surface area (Å²) in [6.07, 6.45) is 4.51. The van der Waals surface area contributed by atoms with Crippen LogP contribution in [-0.4, -0.2) is 26.9 Å². The Bertz CT molecular complexity index is 1580. The first-order valence-corrected chi connectivity index (χ1v) is 13.7. The van der Waals surface area contributed by atoms with Gasteiger partial charge in [-0.05, 0) is 67.2 Å². The van der Waals surface area contributed by atoms with Crippen LogP contribution in [0.3, 0.4) is 0 Å². The van der Waals surface area contributed by atoms with E-state index in [-0.39, 0.29) is 12.3 Å². The number of carboxylic acid groups (broad SMARTS) is 1. The highest BCUT2D eigenvalue weighted by atomic mass is 32.2. The van der Waals surface area contributed by atoms with Crippen molar-refractivity contribution in [3.05, 3.63) is 107 Å². The smallest absolute Gasteiger partial charge is 0.304 e. The second-order valence-electron chi connectivity index (χ2n) is 10.6. The van der Waals surface area contributed by atoms with Crippen LogP contribution in [0.4, 0.5) is 8.78 Å². The molecule has 0 spiro atoms. The molecule has 39 heavy (non-hydrogen) atoms. The van der Waals surface area contributed by atoms with Gasteiger partial charge in [0.25, 0.3) is 0 Å². The molecule has 0 radical (unpaired) electrons. The fraction of sp³-hybridized carbons (Fsp3) is 0.250. The van der Waals surface area contributed by atoms with Crippen molar-refractivity contribution in [2.45, 2.75) is 42.6 Å². The quantitative estimate of drug-likeness (QED) is 0.214. The highest BCUT2D eigenvalue weighted by Gasteiger charge is 2.56. The molecule has 0 amide bonds.